The van der Waals surface area contributed by atoms with Crippen molar-refractivity contribution >= 4 is 23.0 Å². The summed E-state index contributed by atoms with van der Waals surface area (Å²) in [5, 5.41) is 4.15. The van der Waals surface area contributed by atoms with E-state index in [9.17, 15) is 0 Å². The molecule has 0 aromatic heterocycles. The molecule has 0 aliphatic rings. The van der Waals surface area contributed by atoms with Gasteiger partial charge in [-0.1, -0.05) is 36.7 Å². The van der Waals surface area contributed by atoms with Crippen LogP contribution in [-0.4, -0.2) is 0 Å². The van der Waals surface area contributed by atoms with Gasteiger partial charge in [-0.3, -0.25) is 0 Å². The lowest BCUT2D eigenvalue weighted by atomic mass is 10.1. The number of aryl methyl sites for hydroxylation is 1. The maximum Gasteiger partial charge on any atom is 0.0416 e. The standard InChI is InChI=1S/C14H14ClN/c1-2-11-5-3-4-6-14(11)16-13-9-7-12(15)8-10-13/h3-10,16H,2H2,1H3. The lowest BCUT2D eigenvalue weighted by Crippen LogP contribution is -1.94. The fourth-order valence-corrected chi connectivity index (χ4v) is 1.77. The van der Waals surface area contributed by atoms with Crippen LogP contribution in [0.4, 0.5) is 11.4 Å². The molecule has 0 aliphatic heterocycles. The molecule has 2 heteroatoms. The van der Waals surface area contributed by atoms with Crippen LogP contribution < -0.4 is 5.32 Å². The maximum absolute atomic E-state index is 5.85. The molecule has 1 nitrogen and oxygen atoms in total. The van der Waals surface area contributed by atoms with Gasteiger partial charge in [0, 0.05) is 16.4 Å². The van der Waals surface area contributed by atoms with E-state index >= 15 is 0 Å². The van der Waals surface area contributed by atoms with Gasteiger partial charge in [0.05, 0.1) is 0 Å². The van der Waals surface area contributed by atoms with Crippen LogP contribution in [0.25, 0.3) is 0 Å². The van der Waals surface area contributed by atoms with Gasteiger partial charge in [-0.15, -0.1) is 0 Å². The summed E-state index contributed by atoms with van der Waals surface area (Å²) < 4.78 is 0. The van der Waals surface area contributed by atoms with Crippen LogP contribution in [0.2, 0.25) is 5.02 Å². The van der Waals surface area contributed by atoms with Crippen molar-refractivity contribution < 1.29 is 0 Å². The molecule has 0 saturated heterocycles. The molecule has 0 spiro atoms. The average Bonchev–Trinajstić information content (AvgIpc) is 2.33. The summed E-state index contributed by atoms with van der Waals surface area (Å²) in [5.74, 6) is 0. The van der Waals surface area contributed by atoms with Gasteiger partial charge in [0.15, 0.2) is 0 Å². The first-order chi connectivity index (χ1) is 7.79. The first kappa shape index (κ1) is 11.0. The molecule has 0 unspecified atom stereocenters. The van der Waals surface area contributed by atoms with Crippen LogP contribution >= 0.6 is 11.6 Å². The Morgan fingerprint density at radius 1 is 1.00 bits per heavy atom. The summed E-state index contributed by atoms with van der Waals surface area (Å²) in [5.41, 5.74) is 3.54. The lowest BCUT2D eigenvalue weighted by Gasteiger charge is -2.10. The Morgan fingerprint density at radius 2 is 1.69 bits per heavy atom. The average molecular weight is 232 g/mol. The Kier molecular flexibility index (Phi) is 3.47. The summed E-state index contributed by atoms with van der Waals surface area (Å²) in [6.45, 7) is 2.16. The maximum atomic E-state index is 5.85. The SMILES string of the molecule is CCc1ccccc1Nc1ccc(Cl)cc1. The molecule has 0 aliphatic carbocycles. The fraction of sp³-hybridized carbons (Fsp3) is 0.143. The van der Waals surface area contributed by atoms with E-state index in [1.807, 2.05) is 30.3 Å². The predicted octanol–water partition coefficient (Wildman–Crippen LogP) is 4.65. The first-order valence-corrected chi connectivity index (χ1v) is 5.78. The van der Waals surface area contributed by atoms with Crippen molar-refractivity contribution in [2.75, 3.05) is 5.32 Å². The highest BCUT2D eigenvalue weighted by Gasteiger charge is 1.99. The highest BCUT2D eigenvalue weighted by Crippen LogP contribution is 2.22. The Bertz CT molecular complexity index is 462. The van der Waals surface area contributed by atoms with Crippen molar-refractivity contribution in [3.63, 3.8) is 0 Å². The van der Waals surface area contributed by atoms with Crippen molar-refractivity contribution in [2.24, 2.45) is 0 Å². The topological polar surface area (TPSA) is 12.0 Å². The molecule has 82 valence electrons. The summed E-state index contributed by atoms with van der Waals surface area (Å²) in [6, 6.07) is 16.1. The molecule has 16 heavy (non-hydrogen) atoms. The molecule has 0 radical (unpaired) electrons. The van der Waals surface area contributed by atoms with Gasteiger partial charge in [-0.2, -0.15) is 0 Å². The molecule has 0 fully saturated rings. The molecular weight excluding hydrogens is 218 g/mol. The van der Waals surface area contributed by atoms with Crippen LogP contribution in [-0.2, 0) is 6.42 Å². The number of benzene rings is 2. The summed E-state index contributed by atoms with van der Waals surface area (Å²) >= 11 is 5.85. The first-order valence-electron chi connectivity index (χ1n) is 5.40. The third kappa shape index (κ3) is 2.56. The molecule has 2 aromatic carbocycles. The Labute approximate surface area is 101 Å². The van der Waals surface area contributed by atoms with Crippen molar-refractivity contribution in [1.29, 1.82) is 0 Å². The molecule has 0 saturated carbocycles. The van der Waals surface area contributed by atoms with E-state index in [-0.39, 0.29) is 0 Å². The number of rotatable bonds is 3. The Balaban J connectivity index is 2.23. The number of hydrogen-bond acceptors (Lipinski definition) is 1. The zero-order valence-electron chi connectivity index (χ0n) is 9.20. The van der Waals surface area contributed by atoms with Crippen LogP contribution in [0.1, 0.15) is 12.5 Å². The molecule has 0 bridgehead atoms. The lowest BCUT2D eigenvalue weighted by molar-refractivity contribution is 1.14. The minimum atomic E-state index is 0.759. The van der Waals surface area contributed by atoms with Crippen molar-refractivity contribution in [1.82, 2.24) is 0 Å². The van der Waals surface area contributed by atoms with E-state index in [0.29, 0.717) is 0 Å². The van der Waals surface area contributed by atoms with Crippen LogP contribution in [0.5, 0.6) is 0 Å². The monoisotopic (exact) mass is 231 g/mol. The Morgan fingerprint density at radius 3 is 2.38 bits per heavy atom. The molecule has 0 amide bonds. The minimum Gasteiger partial charge on any atom is -0.355 e. The highest BCUT2D eigenvalue weighted by molar-refractivity contribution is 6.30. The molecule has 1 N–H and O–H groups in total. The Hall–Kier alpha value is -1.47. The van der Waals surface area contributed by atoms with Gasteiger partial charge in [0.25, 0.3) is 0 Å². The number of hydrogen-bond donors (Lipinski definition) is 1. The van der Waals surface area contributed by atoms with Crippen LogP contribution in [0.15, 0.2) is 48.5 Å². The smallest absolute Gasteiger partial charge is 0.0416 e. The summed E-state index contributed by atoms with van der Waals surface area (Å²) in [4.78, 5) is 0. The zero-order chi connectivity index (χ0) is 11.4. The van der Waals surface area contributed by atoms with E-state index in [1.54, 1.807) is 0 Å². The molecule has 2 aromatic rings. The normalized spacial score (nSPS) is 10.1. The van der Waals surface area contributed by atoms with E-state index in [1.165, 1.54) is 5.56 Å². The second-order valence-electron chi connectivity index (χ2n) is 3.64. The summed E-state index contributed by atoms with van der Waals surface area (Å²) in [7, 11) is 0. The van der Waals surface area contributed by atoms with E-state index in [0.717, 1.165) is 22.8 Å². The van der Waals surface area contributed by atoms with Gasteiger partial charge in [-0.25, -0.2) is 0 Å². The highest BCUT2D eigenvalue weighted by atomic mass is 35.5. The third-order valence-corrected chi connectivity index (χ3v) is 2.77. The minimum absolute atomic E-state index is 0.759. The second kappa shape index (κ2) is 5.04. The van der Waals surface area contributed by atoms with Crippen LogP contribution in [0.3, 0.4) is 0 Å². The van der Waals surface area contributed by atoms with E-state index < -0.39 is 0 Å². The predicted molar refractivity (Wildman–Crippen MR) is 70.6 cm³/mol. The fourth-order valence-electron chi connectivity index (χ4n) is 1.64. The number of nitrogens with one attached hydrogen (secondary N) is 1. The second-order valence-corrected chi connectivity index (χ2v) is 4.08. The molecule has 2 rings (SSSR count). The number of anilines is 2. The summed E-state index contributed by atoms with van der Waals surface area (Å²) in [6.07, 6.45) is 1.02. The van der Waals surface area contributed by atoms with Gasteiger partial charge in [0.2, 0.25) is 0 Å². The van der Waals surface area contributed by atoms with Crippen molar-refractivity contribution in [3.05, 3.63) is 59.1 Å². The van der Waals surface area contributed by atoms with Gasteiger partial charge < -0.3 is 5.32 Å². The zero-order valence-corrected chi connectivity index (χ0v) is 9.96. The quantitative estimate of drug-likeness (QED) is 0.811. The largest absolute Gasteiger partial charge is 0.355 e. The van der Waals surface area contributed by atoms with Gasteiger partial charge >= 0.3 is 0 Å². The molecule has 0 heterocycles. The van der Waals surface area contributed by atoms with E-state index in [2.05, 4.69) is 30.4 Å². The number of halogens is 1. The third-order valence-electron chi connectivity index (χ3n) is 2.52. The van der Waals surface area contributed by atoms with Gasteiger partial charge in [0.1, 0.15) is 0 Å². The van der Waals surface area contributed by atoms with Crippen LogP contribution in [0, 0.1) is 0 Å². The van der Waals surface area contributed by atoms with Crippen molar-refractivity contribution in [3.8, 4) is 0 Å². The van der Waals surface area contributed by atoms with Gasteiger partial charge in [-0.05, 0) is 42.3 Å². The van der Waals surface area contributed by atoms with E-state index in [4.69, 9.17) is 11.6 Å². The van der Waals surface area contributed by atoms with Crippen molar-refractivity contribution in [2.45, 2.75) is 13.3 Å². The molecule has 0 atom stereocenters. The number of para-hydroxylation sites is 1. The molecular formula is C14H14ClN.